The molecule has 4 rings (SSSR count). The van der Waals surface area contributed by atoms with Crippen LogP contribution in [0.25, 0.3) is 22.2 Å². The Kier molecular flexibility index (Phi) is 5.58. The van der Waals surface area contributed by atoms with Gasteiger partial charge < -0.3 is 9.47 Å². The van der Waals surface area contributed by atoms with Gasteiger partial charge >= 0.3 is 0 Å². The molecule has 0 aliphatic heterocycles. The average Bonchev–Trinajstić information content (AvgIpc) is 2.99. The van der Waals surface area contributed by atoms with Gasteiger partial charge in [0.15, 0.2) is 0 Å². The Labute approximate surface area is 187 Å². The molecule has 30 heavy (non-hydrogen) atoms. The van der Waals surface area contributed by atoms with Gasteiger partial charge in [0.1, 0.15) is 0 Å². The first-order valence-electron chi connectivity index (χ1n) is 9.33. The molecule has 7 heteroatoms. The normalized spacial score (nSPS) is 11.1. The molecule has 0 aliphatic carbocycles. The van der Waals surface area contributed by atoms with Crippen LogP contribution in [-0.4, -0.2) is 23.6 Å². The lowest BCUT2D eigenvalue weighted by Crippen LogP contribution is -2.08. The maximum atomic E-state index is 11.0. The van der Waals surface area contributed by atoms with Crippen LogP contribution in [0.15, 0.2) is 81.0 Å². The van der Waals surface area contributed by atoms with Crippen molar-refractivity contribution in [2.75, 3.05) is 19.0 Å². The molecule has 0 unspecified atom stereocenters. The molecule has 5 nitrogen and oxygen atoms in total. The van der Waals surface area contributed by atoms with Crippen LogP contribution in [0, 0.1) is 10.1 Å². The van der Waals surface area contributed by atoms with E-state index in [2.05, 4.69) is 68.8 Å². The number of benzene rings is 3. The number of nitro groups is 1. The number of nitro benzene ring substituents is 1. The summed E-state index contributed by atoms with van der Waals surface area (Å²) in [5.74, 6) is 0. The molecule has 0 saturated heterocycles. The van der Waals surface area contributed by atoms with Crippen molar-refractivity contribution in [1.82, 2.24) is 4.57 Å². The van der Waals surface area contributed by atoms with Crippen molar-refractivity contribution >= 4 is 50.0 Å². The van der Waals surface area contributed by atoms with E-state index in [0.29, 0.717) is 0 Å². The molecule has 0 spiro atoms. The highest BCUT2D eigenvalue weighted by molar-refractivity contribution is 9.10. The van der Waals surface area contributed by atoms with Crippen LogP contribution in [0.3, 0.4) is 0 Å². The van der Waals surface area contributed by atoms with Crippen molar-refractivity contribution in [3.63, 3.8) is 0 Å². The monoisotopic (exact) mass is 481 g/mol. The van der Waals surface area contributed by atoms with E-state index in [-0.39, 0.29) is 10.6 Å². The number of hydrogen-bond acceptors (Lipinski definition) is 4. The van der Waals surface area contributed by atoms with Gasteiger partial charge in [0.2, 0.25) is 0 Å². The Morgan fingerprint density at radius 1 is 1.00 bits per heavy atom. The Morgan fingerprint density at radius 3 is 2.27 bits per heavy atom. The second kappa shape index (κ2) is 8.16. The zero-order chi connectivity index (χ0) is 21.4. The summed E-state index contributed by atoms with van der Waals surface area (Å²) in [6.45, 7) is 0. The molecule has 0 amide bonds. The minimum Gasteiger partial charge on any atom is -0.378 e. The van der Waals surface area contributed by atoms with Gasteiger partial charge in [0.25, 0.3) is 5.69 Å². The van der Waals surface area contributed by atoms with Gasteiger partial charge in [-0.05, 0) is 48.0 Å². The summed E-state index contributed by atoms with van der Waals surface area (Å²) in [6, 6.07) is 21.5. The van der Waals surface area contributed by atoms with E-state index in [1.807, 2.05) is 20.2 Å². The molecule has 0 saturated carbocycles. The highest BCUT2D eigenvalue weighted by Gasteiger charge is 2.19. The lowest BCUT2D eigenvalue weighted by atomic mass is 10.1. The summed E-state index contributed by atoms with van der Waals surface area (Å²) >= 11 is 5.22. The van der Waals surface area contributed by atoms with Crippen molar-refractivity contribution in [2.45, 2.75) is 9.79 Å². The van der Waals surface area contributed by atoms with Crippen molar-refractivity contribution in [3.05, 3.63) is 81.3 Å². The molecule has 3 aromatic carbocycles. The van der Waals surface area contributed by atoms with Gasteiger partial charge in [-0.15, -0.1) is 0 Å². The van der Waals surface area contributed by atoms with E-state index in [1.54, 1.807) is 36.0 Å². The van der Waals surface area contributed by atoms with Crippen LogP contribution in [0.2, 0.25) is 0 Å². The van der Waals surface area contributed by atoms with E-state index in [4.69, 9.17) is 0 Å². The summed E-state index contributed by atoms with van der Waals surface area (Å²) in [6.07, 6.45) is 0. The van der Waals surface area contributed by atoms with Crippen molar-refractivity contribution < 1.29 is 4.92 Å². The molecule has 152 valence electrons. The Balaban J connectivity index is 1.86. The zero-order valence-corrected chi connectivity index (χ0v) is 19.2. The molecule has 4 aromatic rings. The van der Waals surface area contributed by atoms with Gasteiger partial charge in [-0.1, -0.05) is 39.8 Å². The predicted octanol–water partition coefficient (Wildman–Crippen LogP) is 6.73. The quantitative estimate of drug-likeness (QED) is 0.234. The fourth-order valence-corrected chi connectivity index (χ4v) is 4.98. The molecule has 0 aliphatic rings. The molecule has 0 atom stereocenters. The third-order valence-corrected chi connectivity index (χ3v) is 6.66. The first-order chi connectivity index (χ1) is 14.3. The molecular weight excluding hydrogens is 462 g/mol. The van der Waals surface area contributed by atoms with Gasteiger partial charge in [0.05, 0.1) is 10.6 Å². The molecule has 0 fully saturated rings. The summed E-state index contributed by atoms with van der Waals surface area (Å²) in [5, 5.41) is 12.1. The van der Waals surface area contributed by atoms with Crippen LogP contribution < -0.4 is 4.90 Å². The van der Waals surface area contributed by atoms with E-state index >= 15 is 0 Å². The number of nitrogens with zero attached hydrogens (tertiary/aromatic N) is 3. The van der Waals surface area contributed by atoms with Crippen LogP contribution in [0.1, 0.15) is 0 Å². The molecule has 0 radical (unpaired) electrons. The Bertz CT molecular complexity index is 1230. The largest absolute Gasteiger partial charge is 0.378 e. The first-order valence-corrected chi connectivity index (χ1v) is 10.9. The molecular formula is C23H20BrN3O2S. The lowest BCUT2D eigenvalue weighted by Gasteiger charge is -2.14. The highest BCUT2D eigenvalue weighted by Crippen LogP contribution is 2.44. The Hall–Kier alpha value is -2.77. The number of non-ortho nitro benzene ring substituents is 1. The van der Waals surface area contributed by atoms with Gasteiger partial charge in [0, 0.05) is 64.1 Å². The summed E-state index contributed by atoms with van der Waals surface area (Å²) < 4.78 is 3.22. The van der Waals surface area contributed by atoms with Crippen molar-refractivity contribution in [1.29, 1.82) is 0 Å². The molecule has 1 heterocycles. The SMILES string of the molecule is CN(C)c1ccc(-c2c(Sc3ccc([N+](=O)[O-])cc3)c3cc(Br)ccc3n2C)cc1. The number of aryl methyl sites for hydroxylation is 1. The number of anilines is 1. The third kappa shape index (κ3) is 3.82. The lowest BCUT2D eigenvalue weighted by molar-refractivity contribution is -0.384. The van der Waals surface area contributed by atoms with Crippen LogP contribution >= 0.6 is 27.7 Å². The van der Waals surface area contributed by atoms with E-state index < -0.39 is 0 Å². The number of fused-ring (bicyclic) bond motifs is 1. The Morgan fingerprint density at radius 2 is 1.67 bits per heavy atom. The van der Waals surface area contributed by atoms with E-state index in [9.17, 15) is 10.1 Å². The van der Waals surface area contributed by atoms with Crippen LogP contribution in [-0.2, 0) is 7.05 Å². The second-order valence-electron chi connectivity index (χ2n) is 7.19. The number of hydrogen-bond donors (Lipinski definition) is 0. The van der Waals surface area contributed by atoms with Crippen molar-refractivity contribution in [3.8, 4) is 11.3 Å². The number of rotatable bonds is 5. The third-order valence-electron chi connectivity index (χ3n) is 5.04. The van der Waals surface area contributed by atoms with Gasteiger partial charge in [-0.25, -0.2) is 0 Å². The van der Waals surface area contributed by atoms with Crippen molar-refractivity contribution in [2.24, 2.45) is 7.05 Å². The maximum Gasteiger partial charge on any atom is 0.269 e. The standard InChI is InChI=1S/C23H20BrN3O2S/c1-25(2)17-7-4-15(5-8-17)22-23(20-14-16(24)6-13-21(20)26(22)3)30-19-11-9-18(10-12-19)27(28)29/h4-14H,1-3H3. The number of halogens is 1. The highest BCUT2D eigenvalue weighted by atomic mass is 79.9. The van der Waals surface area contributed by atoms with Gasteiger partial charge in [-0.2, -0.15) is 0 Å². The fraction of sp³-hybridized carbons (Fsp3) is 0.130. The molecule has 1 aromatic heterocycles. The second-order valence-corrected chi connectivity index (χ2v) is 9.19. The predicted molar refractivity (Wildman–Crippen MR) is 128 cm³/mol. The summed E-state index contributed by atoms with van der Waals surface area (Å²) in [7, 11) is 6.13. The summed E-state index contributed by atoms with van der Waals surface area (Å²) in [5.41, 5.74) is 4.62. The van der Waals surface area contributed by atoms with E-state index in [0.717, 1.165) is 42.1 Å². The van der Waals surface area contributed by atoms with E-state index in [1.165, 1.54) is 0 Å². The zero-order valence-electron chi connectivity index (χ0n) is 16.8. The summed E-state index contributed by atoms with van der Waals surface area (Å²) in [4.78, 5) is 14.8. The topological polar surface area (TPSA) is 51.3 Å². The smallest absolute Gasteiger partial charge is 0.269 e. The first kappa shape index (κ1) is 20.5. The molecule has 0 bridgehead atoms. The van der Waals surface area contributed by atoms with Gasteiger partial charge in [-0.3, -0.25) is 10.1 Å². The minimum atomic E-state index is -0.374. The van der Waals surface area contributed by atoms with Crippen LogP contribution in [0.5, 0.6) is 0 Å². The maximum absolute atomic E-state index is 11.0. The minimum absolute atomic E-state index is 0.0968. The van der Waals surface area contributed by atoms with Crippen LogP contribution in [0.4, 0.5) is 11.4 Å². The average molecular weight is 482 g/mol. The number of aromatic nitrogens is 1. The molecule has 0 N–H and O–H groups in total. The fourth-order valence-electron chi connectivity index (χ4n) is 3.48.